The van der Waals surface area contributed by atoms with Gasteiger partial charge in [-0.05, 0) is 35.7 Å². The molecule has 2 aromatic rings. The van der Waals surface area contributed by atoms with E-state index in [1.807, 2.05) is 12.1 Å². The van der Waals surface area contributed by atoms with Crippen molar-refractivity contribution in [1.29, 1.82) is 0 Å². The second-order valence-corrected chi connectivity index (χ2v) is 6.19. The van der Waals surface area contributed by atoms with Crippen molar-refractivity contribution in [3.63, 3.8) is 0 Å². The number of rotatable bonds is 3. The van der Waals surface area contributed by atoms with Crippen LogP contribution in [-0.2, 0) is 11.2 Å². The monoisotopic (exact) mass is 334 g/mol. The highest BCUT2D eigenvalue weighted by molar-refractivity contribution is 6.42. The zero-order chi connectivity index (χ0) is 15.9. The Bertz CT molecular complexity index is 715. The lowest BCUT2D eigenvalue weighted by Crippen LogP contribution is -2.63. The van der Waals surface area contributed by atoms with Crippen LogP contribution in [0.15, 0.2) is 42.5 Å². The largest absolute Gasteiger partial charge is 0.318 e. The van der Waals surface area contributed by atoms with Gasteiger partial charge in [-0.3, -0.25) is 4.79 Å². The van der Waals surface area contributed by atoms with Gasteiger partial charge in [-0.25, -0.2) is 0 Å². The predicted octanol–water partition coefficient (Wildman–Crippen LogP) is 3.97. The maximum atomic E-state index is 12.2. The molecule has 0 spiro atoms. The number of anilines is 1. The van der Waals surface area contributed by atoms with Crippen LogP contribution in [0.1, 0.15) is 24.1 Å². The molecular weight excluding hydrogens is 319 g/mol. The van der Waals surface area contributed by atoms with Crippen LogP contribution >= 0.6 is 23.2 Å². The van der Waals surface area contributed by atoms with Gasteiger partial charge in [0.1, 0.15) is 6.04 Å². The number of hydrogen-bond acceptors (Lipinski definition) is 2. The van der Waals surface area contributed by atoms with E-state index >= 15 is 0 Å². The van der Waals surface area contributed by atoms with Crippen LogP contribution in [0.5, 0.6) is 0 Å². The predicted molar refractivity (Wildman–Crippen MR) is 90.5 cm³/mol. The summed E-state index contributed by atoms with van der Waals surface area (Å²) in [4.78, 5) is 13.9. The minimum atomic E-state index is -0.526. The molecule has 5 heteroatoms. The van der Waals surface area contributed by atoms with Gasteiger partial charge in [-0.15, -0.1) is 0 Å². The molecule has 1 aliphatic rings. The number of carbonyl (C=O) groups is 1. The number of amides is 1. The normalized spacial score (nSPS) is 20.9. The molecule has 114 valence electrons. The fourth-order valence-electron chi connectivity index (χ4n) is 2.74. The smallest absolute Gasteiger partial charge is 0.247 e. The zero-order valence-electron chi connectivity index (χ0n) is 12.1. The molecule has 1 heterocycles. The molecule has 2 atom stereocenters. The van der Waals surface area contributed by atoms with Crippen molar-refractivity contribution < 1.29 is 4.79 Å². The topological polar surface area (TPSA) is 46.3 Å². The van der Waals surface area contributed by atoms with Crippen molar-refractivity contribution in [2.75, 3.05) is 4.90 Å². The second kappa shape index (κ2) is 5.92. The summed E-state index contributed by atoms with van der Waals surface area (Å²) in [6, 6.07) is 12.7. The molecule has 2 aromatic carbocycles. The van der Waals surface area contributed by atoms with Crippen molar-refractivity contribution in [1.82, 2.24) is 0 Å². The number of aryl methyl sites for hydroxylation is 1. The minimum absolute atomic E-state index is 0.108. The van der Waals surface area contributed by atoms with Gasteiger partial charge in [0.25, 0.3) is 0 Å². The van der Waals surface area contributed by atoms with Gasteiger partial charge in [0, 0.05) is 5.69 Å². The van der Waals surface area contributed by atoms with E-state index in [1.165, 1.54) is 5.56 Å². The molecule has 1 saturated heterocycles. The lowest BCUT2D eigenvalue weighted by molar-refractivity contribution is -0.126. The maximum Gasteiger partial charge on any atom is 0.247 e. The first-order chi connectivity index (χ1) is 10.5. The summed E-state index contributed by atoms with van der Waals surface area (Å²) in [6.45, 7) is 2.11. The highest BCUT2D eigenvalue weighted by atomic mass is 35.5. The van der Waals surface area contributed by atoms with Crippen molar-refractivity contribution in [3.8, 4) is 0 Å². The van der Waals surface area contributed by atoms with Crippen LogP contribution in [-0.4, -0.2) is 11.9 Å². The molecule has 1 aliphatic heterocycles. The van der Waals surface area contributed by atoms with E-state index in [0.717, 1.165) is 12.0 Å². The molecule has 3 nitrogen and oxygen atoms in total. The first-order valence-electron chi connectivity index (χ1n) is 7.15. The van der Waals surface area contributed by atoms with Crippen LogP contribution in [0.2, 0.25) is 10.0 Å². The molecule has 2 N–H and O–H groups in total. The summed E-state index contributed by atoms with van der Waals surface area (Å²) in [5.74, 6) is -0.108. The average molecular weight is 335 g/mol. The van der Waals surface area contributed by atoms with E-state index in [2.05, 4.69) is 19.1 Å². The Morgan fingerprint density at radius 1 is 1.09 bits per heavy atom. The third kappa shape index (κ3) is 2.50. The Morgan fingerprint density at radius 3 is 2.36 bits per heavy atom. The standard InChI is InChI=1S/C17H16Cl2N2O/c1-2-10-3-5-11(6-4-10)16-15(20)17(22)21(16)12-7-8-13(18)14(19)9-12/h3-9,15-16H,2,20H2,1H3/t15-,16+/m1/s1. The average Bonchev–Trinajstić information content (AvgIpc) is 2.54. The molecule has 22 heavy (non-hydrogen) atoms. The number of halogens is 2. The molecule has 0 bridgehead atoms. The third-order valence-corrected chi connectivity index (χ3v) is 4.79. The minimum Gasteiger partial charge on any atom is -0.318 e. The van der Waals surface area contributed by atoms with E-state index in [9.17, 15) is 4.79 Å². The number of benzene rings is 2. The van der Waals surface area contributed by atoms with E-state index in [1.54, 1.807) is 23.1 Å². The van der Waals surface area contributed by atoms with Crippen LogP contribution in [0.25, 0.3) is 0 Å². The lowest BCUT2D eigenvalue weighted by atomic mass is 9.88. The second-order valence-electron chi connectivity index (χ2n) is 5.37. The lowest BCUT2D eigenvalue weighted by Gasteiger charge is -2.45. The van der Waals surface area contributed by atoms with Crippen LogP contribution in [0.4, 0.5) is 5.69 Å². The van der Waals surface area contributed by atoms with Gasteiger partial charge in [0.05, 0.1) is 16.1 Å². The molecule has 3 rings (SSSR count). The van der Waals surface area contributed by atoms with Gasteiger partial charge in [0.15, 0.2) is 0 Å². The summed E-state index contributed by atoms with van der Waals surface area (Å²) in [7, 11) is 0. The highest BCUT2D eigenvalue weighted by Crippen LogP contribution is 2.40. The Balaban J connectivity index is 1.95. The zero-order valence-corrected chi connectivity index (χ0v) is 13.6. The summed E-state index contributed by atoms with van der Waals surface area (Å²) in [5, 5.41) is 0.888. The third-order valence-electron chi connectivity index (χ3n) is 4.05. The van der Waals surface area contributed by atoms with Crippen LogP contribution in [0.3, 0.4) is 0 Å². The van der Waals surface area contributed by atoms with E-state index < -0.39 is 6.04 Å². The number of hydrogen-bond donors (Lipinski definition) is 1. The maximum absolute atomic E-state index is 12.2. The van der Waals surface area contributed by atoms with Crippen LogP contribution in [0, 0.1) is 0 Å². The number of β-lactam (4-membered cyclic amide) rings is 1. The van der Waals surface area contributed by atoms with Crippen molar-refractivity contribution >= 4 is 34.8 Å². The quantitative estimate of drug-likeness (QED) is 0.863. The SMILES string of the molecule is CCc1ccc([C@H]2[C@@H](N)C(=O)N2c2ccc(Cl)c(Cl)c2)cc1. The van der Waals surface area contributed by atoms with Gasteiger partial charge in [-0.2, -0.15) is 0 Å². The Morgan fingerprint density at radius 2 is 1.77 bits per heavy atom. The summed E-state index contributed by atoms with van der Waals surface area (Å²) < 4.78 is 0. The number of carbonyl (C=O) groups excluding carboxylic acids is 1. The number of nitrogens with zero attached hydrogens (tertiary/aromatic N) is 1. The van der Waals surface area contributed by atoms with Gasteiger partial charge in [0.2, 0.25) is 5.91 Å². The van der Waals surface area contributed by atoms with Gasteiger partial charge < -0.3 is 10.6 Å². The fraction of sp³-hybridized carbons (Fsp3) is 0.235. The summed E-state index contributed by atoms with van der Waals surface area (Å²) in [5.41, 5.74) is 9.01. The van der Waals surface area contributed by atoms with Gasteiger partial charge >= 0.3 is 0 Å². The van der Waals surface area contributed by atoms with Crippen molar-refractivity contribution in [2.24, 2.45) is 5.73 Å². The summed E-state index contributed by atoms with van der Waals surface area (Å²) >= 11 is 12.0. The Kier molecular flexibility index (Phi) is 4.13. The fourth-order valence-corrected chi connectivity index (χ4v) is 3.03. The Labute approximate surface area is 139 Å². The van der Waals surface area contributed by atoms with E-state index in [-0.39, 0.29) is 11.9 Å². The molecule has 1 amide bonds. The molecule has 1 fully saturated rings. The van der Waals surface area contributed by atoms with Crippen LogP contribution < -0.4 is 10.6 Å². The van der Waals surface area contributed by atoms with Crippen molar-refractivity contribution in [2.45, 2.75) is 25.4 Å². The molecular formula is C17H16Cl2N2O. The van der Waals surface area contributed by atoms with Crippen molar-refractivity contribution in [3.05, 3.63) is 63.6 Å². The molecule has 0 aromatic heterocycles. The first kappa shape index (κ1) is 15.3. The van der Waals surface area contributed by atoms with E-state index in [4.69, 9.17) is 28.9 Å². The summed E-state index contributed by atoms with van der Waals surface area (Å²) in [6.07, 6.45) is 0.979. The Hall–Kier alpha value is -1.55. The first-order valence-corrected chi connectivity index (χ1v) is 7.91. The highest BCUT2D eigenvalue weighted by Gasteiger charge is 2.46. The molecule has 0 unspecified atom stereocenters. The number of nitrogens with two attached hydrogens (primary N) is 1. The van der Waals surface area contributed by atoms with E-state index in [0.29, 0.717) is 15.7 Å². The molecule has 0 saturated carbocycles. The molecule has 0 radical (unpaired) electrons. The molecule has 0 aliphatic carbocycles. The van der Waals surface area contributed by atoms with Gasteiger partial charge in [-0.1, -0.05) is 54.4 Å².